The van der Waals surface area contributed by atoms with E-state index >= 15 is 0 Å². The molecule has 1 aromatic heterocycles. The van der Waals surface area contributed by atoms with Gasteiger partial charge in [0.2, 0.25) is 5.89 Å². The molecule has 19 heavy (non-hydrogen) atoms. The number of carbonyl (C=O) groups excluding carboxylic acids is 1. The van der Waals surface area contributed by atoms with Gasteiger partial charge < -0.3 is 19.9 Å². The average Bonchev–Trinajstić information content (AvgIpc) is 2.99. The minimum atomic E-state index is -0.474. The highest BCUT2D eigenvalue weighted by molar-refractivity contribution is 5.90. The van der Waals surface area contributed by atoms with E-state index in [2.05, 4.69) is 20.8 Å². The Morgan fingerprint density at radius 3 is 3.05 bits per heavy atom. The van der Waals surface area contributed by atoms with Crippen LogP contribution in [-0.4, -0.2) is 41.8 Å². The van der Waals surface area contributed by atoms with Crippen LogP contribution >= 0.6 is 0 Å². The van der Waals surface area contributed by atoms with E-state index in [9.17, 15) is 4.79 Å². The topological polar surface area (TPSA) is 89.3 Å². The molecule has 1 aromatic rings. The number of amides is 1. The van der Waals surface area contributed by atoms with Gasteiger partial charge in [0.15, 0.2) is 0 Å². The molecule has 1 amide bonds. The molecule has 0 aliphatic carbocycles. The van der Waals surface area contributed by atoms with Gasteiger partial charge in [-0.05, 0) is 33.2 Å². The van der Waals surface area contributed by atoms with Crippen LogP contribution in [0.1, 0.15) is 49.2 Å². The van der Waals surface area contributed by atoms with Crippen LogP contribution in [0.5, 0.6) is 0 Å². The molecule has 0 aromatic carbocycles. The lowest BCUT2D eigenvalue weighted by Gasteiger charge is -2.24. The molecule has 1 aliphatic rings. The summed E-state index contributed by atoms with van der Waals surface area (Å²) in [6.45, 7) is 5.09. The zero-order chi connectivity index (χ0) is 13.9. The number of nitrogens with zero attached hydrogens (tertiary/aromatic N) is 2. The van der Waals surface area contributed by atoms with Crippen molar-refractivity contribution in [3.63, 3.8) is 0 Å². The molecule has 1 aliphatic heterocycles. The Hall–Kier alpha value is -1.47. The number of rotatable bonds is 5. The molecule has 106 valence electrons. The average molecular weight is 268 g/mol. The first-order valence-electron chi connectivity index (χ1n) is 6.40. The molecular weight excluding hydrogens is 248 g/mol. The predicted octanol–water partition coefficient (Wildman–Crippen LogP) is 0.649. The van der Waals surface area contributed by atoms with E-state index in [1.165, 1.54) is 0 Å². The summed E-state index contributed by atoms with van der Waals surface area (Å²) in [4.78, 5) is 16.1. The van der Waals surface area contributed by atoms with Gasteiger partial charge in [-0.25, -0.2) is 0 Å². The molecular formula is C12H20N4O3. The minimum Gasteiger partial charge on any atom is -0.382 e. The number of hydrogen-bond donors (Lipinski definition) is 2. The third-order valence-corrected chi connectivity index (χ3v) is 2.96. The van der Waals surface area contributed by atoms with Gasteiger partial charge in [0, 0.05) is 7.11 Å². The van der Waals surface area contributed by atoms with Crippen LogP contribution in [0.3, 0.4) is 0 Å². The lowest BCUT2D eigenvalue weighted by atomic mass is 10.1. The molecule has 7 heteroatoms. The number of nitrogens with one attached hydrogen (secondary N) is 2. The Labute approximate surface area is 112 Å². The number of hydrogen-bond acceptors (Lipinski definition) is 6. The molecule has 0 radical (unpaired) electrons. The Balaban J connectivity index is 1.99. The van der Waals surface area contributed by atoms with Crippen molar-refractivity contribution in [2.24, 2.45) is 0 Å². The van der Waals surface area contributed by atoms with Crippen molar-refractivity contribution in [2.45, 2.75) is 38.3 Å². The van der Waals surface area contributed by atoms with Crippen LogP contribution in [0.15, 0.2) is 4.52 Å². The third-order valence-electron chi connectivity index (χ3n) is 2.96. The largest absolute Gasteiger partial charge is 0.382 e. The zero-order valence-corrected chi connectivity index (χ0v) is 11.5. The second kappa shape index (κ2) is 5.66. The molecule has 0 bridgehead atoms. The monoisotopic (exact) mass is 268 g/mol. The third kappa shape index (κ3) is 3.51. The molecule has 1 unspecified atom stereocenters. The van der Waals surface area contributed by atoms with E-state index in [0.29, 0.717) is 12.5 Å². The molecule has 0 spiro atoms. The summed E-state index contributed by atoms with van der Waals surface area (Å²) in [5, 5.41) is 9.78. The Morgan fingerprint density at radius 1 is 1.63 bits per heavy atom. The Morgan fingerprint density at radius 2 is 2.42 bits per heavy atom. The van der Waals surface area contributed by atoms with Gasteiger partial charge in [-0.15, -0.1) is 0 Å². The van der Waals surface area contributed by atoms with Crippen molar-refractivity contribution < 1.29 is 14.1 Å². The summed E-state index contributed by atoms with van der Waals surface area (Å²) in [5.41, 5.74) is -0.474. The fourth-order valence-corrected chi connectivity index (χ4v) is 2.12. The van der Waals surface area contributed by atoms with Gasteiger partial charge in [0.05, 0.1) is 18.2 Å². The number of methoxy groups -OCH3 is 1. The molecule has 1 fully saturated rings. The van der Waals surface area contributed by atoms with E-state index in [1.807, 2.05) is 13.8 Å². The van der Waals surface area contributed by atoms with Crippen LogP contribution in [0.4, 0.5) is 0 Å². The molecule has 1 saturated heterocycles. The zero-order valence-electron chi connectivity index (χ0n) is 11.5. The molecule has 2 rings (SSSR count). The van der Waals surface area contributed by atoms with E-state index in [1.54, 1.807) is 7.11 Å². The highest BCUT2D eigenvalue weighted by atomic mass is 16.5. The second-order valence-electron chi connectivity index (χ2n) is 5.38. The SMILES string of the molecule is COCC(C)(C)NC(=O)c1noc(C2CCCN2)n1. The number of aromatic nitrogens is 2. The maximum atomic E-state index is 12.0. The van der Waals surface area contributed by atoms with E-state index in [4.69, 9.17) is 9.26 Å². The van der Waals surface area contributed by atoms with Gasteiger partial charge >= 0.3 is 0 Å². The molecule has 1 atom stereocenters. The Bertz CT molecular complexity index is 438. The summed E-state index contributed by atoms with van der Waals surface area (Å²) in [6, 6.07) is 0.0704. The fraction of sp³-hybridized carbons (Fsp3) is 0.750. The summed E-state index contributed by atoms with van der Waals surface area (Å²) >= 11 is 0. The van der Waals surface area contributed by atoms with Crippen LogP contribution in [0.2, 0.25) is 0 Å². The van der Waals surface area contributed by atoms with Gasteiger partial charge in [-0.1, -0.05) is 5.16 Å². The lowest BCUT2D eigenvalue weighted by Crippen LogP contribution is -2.47. The van der Waals surface area contributed by atoms with Crippen molar-refractivity contribution in [3.8, 4) is 0 Å². The highest BCUT2D eigenvalue weighted by Crippen LogP contribution is 2.21. The smallest absolute Gasteiger partial charge is 0.293 e. The lowest BCUT2D eigenvalue weighted by molar-refractivity contribution is 0.0807. The van der Waals surface area contributed by atoms with E-state index in [-0.39, 0.29) is 17.8 Å². The molecule has 2 N–H and O–H groups in total. The molecule has 0 saturated carbocycles. The van der Waals surface area contributed by atoms with E-state index < -0.39 is 5.54 Å². The quantitative estimate of drug-likeness (QED) is 0.815. The number of ether oxygens (including phenoxy) is 1. The predicted molar refractivity (Wildman–Crippen MR) is 67.7 cm³/mol. The van der Waals surface area contributed by atoms with Crippen molar-refractivity contribution in [1.29, 1.82) is 0 Å². The van der Waals surface area contributed by atoms with Crippen molar-refractivity contribution in [2.75, 3.05) is 20.3 Å². The van der Waals surface area contributed by atoms with Crippen molar-refractivity contribution in [1.82, 2.24) is 20.8 Å². The maximum Gasteiger partial charge on any atom is 0.293 e. The van der Waals surface area contributed by atoms with Crippen LogP contribution in [0, 0.1) is 0 Å². The van der Waals surface area contributed by atoms with Gasteiger partial charge in [-0.3, -0.25) is 4.79 Å². The van der Waals surface area contributed by atoms with Crippen molar-refractivity contribution in [3.05, 3.63) is 11.7 Å². The molecule has 2 heterocycles. The van der Waals surface area contributed by atoms with Gasteiger partial charge in [-0.2, -0.15) is 4.98 Å². The Kier molecular flexibility index (Phi) is 4.16. The first-order chi connectivity index (χ1) is 9.02. The summed E-state index contributed by atoms with van der Waals surface area (Å²) in [5.74, 6) is 0.190. The normalized spacial score (nSPS) is 19.6. The minimum absolute atomic E-state index is 0.0629. The maximum absolute atomic E-state index is 12.0. The fourth-order valence-electron chi connectivity index (χ4n) is 2.12. The first kappa shape index (κ1) is 14.0. The van der Waals surface area contributed by atoms with Gasteiger partial charge in [0.1, 0.15) is 0 Å². The number of carbonyl (C=O) groups is 1. The van der Waals surface area contributed by atoms with Gasteiger partial charge in [0.25, 0.3) is 11.7 Å². The highest BCUT2D eigenvalue weighted by Gasteiger charge is 2.27. The van der Waals surface area contributed by atoms with Crippen LogP contribution in [0.25, 0.3) is 0 Å². The van der Waals surface area contributed by atoms with Crippen LogP contribution < -0.4 is 10.6 Å². The van der Waals surface area contributed by atoms with E-state index in [0.717, 1.165) is 19.4 Å². The standard InChI is InChI=1S/C12H20N4O3/c1-12(2,7-18-3)15-10(17)9-14-11(19-16-9)8-5-4-6-13-8/h8,13H,4-7H2,1-3H3,(H,15,17). The summed E-state index contributed by atoms with van der Waals surface area (Å²) < 4.78 is 10.2. The molecule has 7 nitrogen and oxygen atoms in total. The second-order valence-corrected chi connectivity index (χ2v) is 5.38. The van der Waals surface area contributed by atoms with Crippen LogP contribution in [-0.2, 0) is 4.74 Å². The van der Waals surface area contributed by atoms with Crippen molar-refractivity contribution >= 4 is 5.91 Å². The summed E-state index contributed by atoms with van der Waals surface area (Å²) in [7, 11) is 1.59. The summed E-state index contributed by atoms with van der Waals surface area (Å²) in [6.07, 6.45) is 2.04. The first-order valence-corrected chi connectivity index (χ1v) is 6.40.